The molecule has 1 aliphatic rings. The molecule has 0 aromatic heterocycles. The maximum Gasteiger partial charge on any atom is 0.208 e. The number of aliphatic imine (C=N–C) groups is 1. The first kappa shape index (κ1) is 12.4. The number of hydrogen-bond donors (Lipinski definition) is 0. The molecule has 0 bridgehead atoms. The number of nitriles is 1. The van der Waals surface area contributed by atoms with Crippen LogP contribution in [0.2, 0.25) is 0 Å². The lowest BCUT2D eigenvalue weighted by Crippen LogP contribution is -2.41. The number of thioether (sulfide) groups is 1. The van der Waals surface area contributed by atoms with E-state index < -0.39 is 0 Å². The van der Waals surface area contributed by atoms with Crippen molar-refractivity contribution in [2.24, 2.45) is 10.9 Å². The maximum atomic E-state index is 8.60. The van der Waals surface area contributed by atoms with Gasteiger partial charge in [-0.15, -0.1) is 4.99 Å². The van der Waals surface area contributed by atoms with Crippen molar-refractivity contribution in [2.75, 3.05) is 13.3 Å². The average Bonchev–Trinajstić information content (AvgIpc) is 2.25. The summed E-state index contributed by atoms with van der Waals surface area (Å²) in [5, 5.41) is 9.45. The fourth-order valence-corrected chi connectivity index (χ4v) is 2.88. The van der Waals surface area contributed by atoms with E-state index in [1.54, 1.807) is 11.8 Å². The highest BCUT2D eigenvalue weighted by Crippen LogP contribution is 2.28. The number of hydrogen-bond acceptors (Lipinski definition) is 3. The van der Waals surface area contributed by atoms with Crippen molar-refractivity contribution in [1.82, 2.24) is 4.90 Å². The molecule has 0 heterocycles. The minimum Gasteiger partial charge on any atom is -0.350 e. The molecule has 2 atom stereocenters. The minimum absolute atomic E-state index is 0.554. The van der Waals surface area contributed by atoms with E-state index in [1.807, 2.05) is 12.4 Å². The van der Waals surface area contributed by atoms with Gasteiger partial charge >= 0.3 is 0 Å². The van der Waals surface area contributed by atoms with E-state index in [2.05, 4.69) is 23.9 Å². The first-order chi connectivity index (χ1) is 7.20. The van der Waals surface area contributed by atoms with Gasteiger partial charge in [0.2, 0.25) is 6.19 Å². The van der Waals surface area contributed by atoms with E-state index in [4.69, 9.17) is 5.26 Å². The summed E-state index contributed by atoms with van der Waals surface area (Å²) in [6.45, 7) is 2.30. The maximum absolute atomic E-state index is 8.60. The Labute approximate surface area is 96.6 Å². The Morgan fingerprint density at radius 2 is 2.13 bits per heavy atom. The molecule has 0 aliphatic heterocycles. The molecule has 3 nitrogen and oxygen atoms in total. The van der Waals surface area contributed by atoms with Crippen LogP contribution in [0.5, 0.6) is 0 Å². The summed E-state index contributed by atoms with van der Waals surface area (Å²) in [4.78, 5) is 6.04. The average molecular weight is 225 g/mol. The van der Waals surface area contributed by atoms with Crippen LogP contribution in [0.25, 0.3) is 0 Å². The Bertz CT molecular complexity index is 269. The molecule has 15 heavy (non-hydrogen) atoms. The Hall–Kier alpha value is -0.690. The van der Waals surface area contributed by atoms with Crippen LogP contribution in [-0.2, 0) is 0 Å². The Balaban J connectivity index is 2.69. The standard InChI is InChI=1S/C11H19N3S/c1-9-6-4-5-7-10(9)14(2)11(15-3)13-8-12/h9-10H,4-7H2,1-3H3. The fraction of sp³-hybridized carbons (Fsp3) is 0.818. The normalized spacial score (nSPS) is 27.2. The lowest BCUT2D eigenvalue weighted by molar-refractivity contribution is 0.208. The topological polar surface area (TPSA) is 39.4 Å². The van der Waals surface area contributed by atoms with E-state index in [0.717, 1.165) is 5.17 Å². The van der Waals surface area contributed by atoms with Gasteiger partial charge in [0.15, 0.2) is 5.17 Å². The smallest absolute Gasteiger partial charge is 0.208 e. The van der Waals surface area contributed by atoms with Crippen molar-refractivity contribution >= 4 is 16.9 Å². The highest BCUT2D eigenvalue weighted by molar-refractivity contribution is 8.13. The van der Waals surface area contributed by atoms with Gasteiger partial charge in [-0.05, 0) is 25.0 Å². The van der Waals surface area contributed by atoms with Crippen molar-refractivity contribution in [3.63, 3.8) is 0 Å². The summed E-state index contributed by atoms with van der Waals surface area (Å²) in [5.74, 6) is 0.708. The summed E-state index contributed by atoms with van der Waals surface area (Å²) in [7, 11) is 2.05. The summed E-state index contributed by atoms with van der Waals surface area (Å²) in [6, 6.07) is 0.554. The van der Waals surface area contributed by atoms with Crippen LogP contribution >= 0.6 is 11.8 Å². The second-order valence-corrected chi connectivity index (χ2v) is 4.91. The lowest BCUT2D eigenvalue weighted by atomic mass is 9.85. The Morgan fingerprint density at radius 3 is 2.67 bits per heavy atom. The van der Waals surface area contributed by atoms with Crippen LogP contribution < -0.4 is 0 Å². The summed E-state index contributed by atoms with van der Waals surface area (Å²) in [6.07, 6.45) is 9.01. The van der Waals surface area contributed by atoms with Gasteiger partial charge < -0.3 is 4.90 Å². The quantitative estimate of drug-likeness (QED) is 0.391. The second-order valence-electron chi connectivity index (χ2n) is 4.14. The number of rotatable bonds is 1. The first-order valence-corrected chi connectivity index (χ1v) is 6.66. The summed E-state index contributed by atoms with van der Waals surface area (Å²) in [5.41, 5.74) is 0. The summed E-state index contributed by atoms with van der Waals surface area (Å²) >= 11 is 1.55. The van der Waals surface area contributed by atoms with E-state index in [1.165, 1.54) is 25.7 Å². The SMILES string of the molecule is CSC(=NC#N)N(C)C1CCCCC1C. The molecule has 4 heteroatoms. The van der Waals surface area contributed by atoms with Crippen molar-refractivity contribution < 1.29 is 0 Å². The molecular formula is C11H19N3S. The first-order valence-electron chi connectivity index (χ1n) is 5.44. The Morgan fingerprint density at radius 1 is 1.47 bits per heavy atom. The van der Waals surface area contributed by atoms with Crippen LogP contribution in [0.3, 0.4) is 0 Å². The van der Waals surface area contributed by atoms with Crippen LogP contribution in [0, 0.1) is 17.4 Å². The van der Waals surface area contributed by atoms with Gasteiger partial charge in [0.25, 0.3) is 0 Å². The minimum atomic E-state index is 0.554. The van der Waals surface area contributed by atoms with E-state index in [0.29, 0.717) is 12.0 Å². The molecule has 0 spiro atoms. The van der Waals surface area contributed by atoms with Gasteiger partial charge in [-0.1, -0.05) is 31.5 Å². The third-order valence-electron chi connectivity index (χ3n) is 3.19. The lowest BCUT2D eigenvalue weighted by Gasteiger charge is -2.37. The molecule has 84 valence electrons. The molecule has 0 aromatic rings. The summed E-state index contributed by atoms with van der Waals surface area (Å²) < 4.78 is 0. The second kappa shape index (κ2) is 6.02. The highest BCUT2D eigenvalue weighted by atomic mass is 32.2. The van der Waals surface area contributed by atoms with Crippen LogP contribution in [0.15, 0.2) is 4.99 Å². The van der Waals surface area contributed by atoms with Gasteiger partial charge in [0.1, 0.15) is 0 Å². The molecular weight excluding hydrogens is 206 g/mol. The van der Waals surface area contributed by atoms with Crippen molar-refractivity contribution in [1.29, 1.82) is 5.26 Å². The molecule has 0 N–H and O–H groups in total. The van der Waals surface area contributed by atoms with Gasteiger partial charge in [-0.2, -0.15) is 5.26 Å². The predicted octanol–water partition coefficient (Wildman–Crippen LogP) is 2.70. The zero-order chi connectivity index (χ0) is 11.3. The molecule has 1 saturated carbocycles. The highest BCUT2D eigenvalue weighted by Gasteiger charge is 2.26. The van der Waals surface area contributed by atoms with Gasteiger partial charge in [-0.3, -0.25) is 0 Å². The van der Waals surface area contributed by atoms with Crippen LogP contribution in [0.1, 0.15) is 32.6 Å². The van der Waals surface area contributed by atoms with Crippen LogP contribution in [-0.4, -0.2) is 29.4 Å². The van der Waals surface area contributed by atoms with Gasteiger partial charge in [-0.25, -0.2) is 0 Å². The number of amidine groups is 1. The Kier molecular flexibility index (Phi) is 4.97. The van der Waals surface area contributed by atoms with Gasteiger partial charge in [0.05, 0.1) is 0 Å². The zero-order valence-corrected chi connectivity index (χ0v) is 10.5. The van der Waals surface area contributed by atoms with Crippen molar-refractivity contribution in [3.05, 3.63) is 0 Å². The van der Waals surface area contributed by atoms with Crippen LogP contribution in [0.4, 0.5) is 0 Å². The number of nitrogens with zero attached hydrogens (tertiary/aromatic N) is 3. The van der Waals surface area contributed by atoms with E-state index in [9.17, 15) is 0 Å². The molecule has 0 amide bonds. The zero-order valence-electron chi connectivity index (χ0n) is 9.73. The van der Waals surface area contributed by atoms with E-state index >= 15 is 0 Å². The largest absolute Gasteiger partial charge is 0.350 e. The fourth-order valence-electron chi connectivity index (χ4n) is 2.33. The van der Waals surface area contributed by atoms with E-state index in [-0.39, 0.29) is 0 Å². The molecule has 0 aromatic carbocycles. The third-order valence-corrected chi connectivity index (χ3v) is 3.94. The molecule has 0 saturated heterocycles. The molecule has 1 aliphatic carbocycles. The van der Waals surface area contributed by atoms with Crippen molar-refractivity contribution in [3.8, 4) is 6.19 Å². The van der Waals surface area contributed by atoms with Gasteiger partial charge in [0, 0.05) is 13.1 Å². The third kappa shape index (κ3) is 3.13. The predicted molar refractivity (Wildman–Crippen MR) is 65.7 cm³/mol. The molecule has 2 unspecified atom stereocenters. The monoisotopic (exact) mass is 225 g/mol. The molecule has 1 rings (SSSR count). The van der Waals surface area contributed by atoms with Crippen molar-refractivity contribution in [2.45, 2.75) is 38.6 Å². The molecule has 1 fully saturated rings. The molecule has 0 radical (unpaired) electrons.